The fourth-order valence-electron chi connectivity index (χ4n) is 5.57. The number of pyridine rings is 1. The Kier molecular flexibility index (Phi) is 3.88. The van der Waals surface area contributed by atoms with Gasteiger partial charge in [-0.1, -0.05) is 17.7 Å². The molecule has 3 nitrogen and oxygen atoms in total. The molecule has 0 aliphatic heterocycles. The van der Waals surface area contributed by atoms with Gasteiger partial charge in [-0.3, -0.25) is 9.78 Å². The molecule has 0 unspecified atom stereocenters. The summed E-state index contributed by atoms with van der Waals surface area (Å²) in [5, 5.41) is 10.6. The molecule has 0 spiro atoms. The van der Waals surface area contributed by atoms with Crippen molar-refractivity contribution < 1.29 is 9.90 Å². The lowest BCUT2D eigenvalue weighted by Gasteiger charge is -2.55. The van der Waals surface area contributed by atoms with E-state index in [4.69, 9.17) is 6.42 Å². The number of hydrogen-bond donors (Lipinski definition) is 1. The summed E-state index contributed by atoms with van der Waals surface area (Å²) < 4.78 is 0. The highest BCUT2D eigenvalue weighted by Crippen LogP contribution is 2.61. The zero-order valence-corrected chi connectivity index (χ0v) is 14.9. The second-order valence-corrected chi connectivity index (χ2v) is 8.95. The Balaban J connectivity index is 1.52. The van der Waals surface area contributed by atoms with E-state index in [0.29, 0.717) is 27.7 Å². The van der Waals surface area contributed by atoms with E-state index in [-0.39, 0.29) is 11.2 Å². The van der Waals surface area contributed by atoms with E-state index in [0.717, 1.165) is 37.0 Å². The van der Waals surface area contributed by atoms with Crippen LogP contribution in [0.2, 0.25) is 0 Å². The fourth-order valence-corrected chi connectivity index (χ4v) is 6.69. The molecule has 4 saturated carbocycles. The van der Waals surface area contributed by atoms with Gasteiger partial charge >= 0.3 is 0 Å². The van der Waals surface area contributed by atoms with E-state index in [1.165, 1.54) is 31.0 Å². The topological polar surface area (TPSA) is 50.2 Å². The maximum Gasteiger partial charge on any atom is 0.195 e. The van der Waals surface area contributed by atoms with Crippen LogP contribution in [0.1, 0.15) is 55.3 Å². The summed E-state index contributed by atoms with van der Waals surface area (Å²) in [6, 6.07) is 0. The lowest BCUT2D eigenvalue weighted by molar-refractivity contribution is -0.134. The monoisotopic (exact) mass is 341 g/mol. The minimum Gasteiger partial charge on any atom is -0.506 e. The minimum atomic E-state index is -0.104. The molecule has 24 heavy (non-hydrogen) atoms. The van der Waals surface area contributed by atoms with E-state index in [1.807, 2.05) is 0 Å². The van der Waals surface area contributed by atoms with Gasteiger partial charge in [-0.25, -0.2) is 0 Å². The van der Waals surface area contributed by atoms with Gasteiger partial charge in [-0.15, -0.1) is 6.42 Å². The molecule has 0 amide bonds. The predicted octanol–water partition coefficient (Wildman–Crippen LogP) is 4.05. The molecule has 0 radical (unpaired) electrons. The molecular weight excluding hydrogens is 318 g/mol. The Morgan fingerprint density at radius 1 is 1.33 bits per heavy atom. The number of aromatic hydroxyl groups is 1. The number of terminal acetylenes is 1. The van der Waals surface area contributed by atoms with Crippen molar-refractivity contribution in [2.75, 3.05) is 0 Å². The van der Waals surface area contributed by atoms with Crippen molar-refractivity contribution in [2.24, 2.45) is 23.2 Å². The van der Waals surface area contributed by atoms with Crippen LogP contribution in [0.3, 0.4) is 0 Å². The summed E-state index contributed by atoms with van der Waals surface area (Å²) in [4.78, 5) is 17.2. The fraction of sp³-hybridized carbons (Fsp3) is 0.600. The van der Waals surface area contributed by atoms with Crippen LogP contribution in [0, 0.1) is 42.4 Å². The molecule has 1 N–H and O–H groups in total. The summed E-state index contributed by atoms with van der Waals surface area (Å²) in [6.45, 7) is 1.75. The highest BCUT2D eigenvalue weighted by Gasteiger charge is 2.54. The Morgan fingerprint density at radius 3 is 2.46 bits per heavy atom. The van der Waals surface area contributed by atoms with E-state index in [1.54, 1.807) is 13.1 Å². The molecule has 1 heterocycles. The van der Waals surface area contributed by atoms with E-state index in [9.17, 15) is 9.90 Å². The third kappa shape index (κ3) is 2.54. The zero-order valence-electron chi connectivity index (χ0n) is 14.0. The van der Waals surface area contributed by atoms with Crippen molar-refractivity contribution in [1.29, 1.82) is 0 Å². The average Bonchev–Trinajstić information content (AvgIpc) is 2.54. The summed E-state index contributed by atoms with van der Waals surface area (Å²) in [5.74, 6) is 5.44. The smallest absolute Gasteiger partial charge is 0.195 e. The Labute approximate surface area is 147 Å². The molecule has 0 atom stereocenters. The quantitative estimate of drug-likeness (QED) is 0.843. The maximum absolute atomic E-state index is 13.1. The second kappa shape index (κ2) is 5.81. The number of carbonyl (C=O) groups is 1. The minimum absolute atomic E-state index is 0.104. The van der Waals surface area contributed by atoms with Gasteiger partial charge in [0.05, 0.1) is 11.3 Å². The van der Waals surface area contributed by atoms with E-state index < -0.39 is 0 Å². The van der Waals surface area contributed by atoms with Gasteiger partial charge in [0.2, 0.25) is 0 Å². The molecular formula is C20H23NO2S. The molecule has 4 aliphatic rings. The lowest BCUT2D eigenvalue weighted by Crippen LogP contribution is -2.49. The van der Waals surface area contributed by atoms with Crippen molar-refractivity contribution in [3.05, 3.63) is 23.0 Å². The first-order chi connectivity index (χ1) is 11.5. The summed E-state index contributed by atoms with van der Waals surface area (Å²) >= 11 is 1.35. The number of rotatable bonds is 3. The van der Waals surface area contributed by atoms with Gasteiger partial charge in [0, 0.05) is 22.9 Å². The van der Waals surface area contributed by atoms with Crippen LogP contribution < -0.4 is 0 Å². The lowest BCUT2D eigenvalue weighted by atomic mass is 9.50. The largest absolute Gasteiger partial charge is 0.506 e. The van der Waals surface area contributed by atoms with Gasteiger partial charge in [-0.05, 0) is 63.2 Å². The normalized spacial score (nSPS) is 33.4. The first-order valence-electron chi connectivity index (χ1n) is 8.82. The molecule has 4 aliphatic carbocycles. The summed E-state index contributed by atoms with van der Waals surface area (Å²) in [6.07, 6.45) is 14.4. The van der Waals surface area contributed by atoms with Gasteiger partial charge in [0.15, 0.2) is 5.12 Å². The van der Waals surface area contributed by atoms with Crippen LogP contribution in [0.15, 0.2) is 6.20 Å². The van der Waals surface area contributed by atoms with E-state index >= 15 is 0 Å². The zero-order chi connectivity index (χ0) is 16.9. The van der Waals surface area contributed by atoms with Crippen molar-refractivity contribution in [1.82, 2.24) is 4.98 Å². The van der Waals surface area contributed by atoms with Crippen molar-refractivity contribution >= 4 is 16.9 Å². The van der Waals surface area contributed by atoms with Crippen LogP contribution in [0.5, 0.6) is 5.75 Å². The van der Waals surface area contributed by atoms with Crippen LogP contribution in [0.25, 0.3) is 0 Å². The maximum atomic E-state index is 13.1. The van der Waals surface area contributed by atoms with Gasteiger partial charge in [0.25, 0.3) is 0 Å². The summed E-state index contributed by atoms with van der Waals surface area (Å²) in [5.41, 5.74) is 1.72. The van der Waals surface area contributed by atoms with Gasteiger partial charge < -0.3 is 5.11 Å². The molecule has 0 aromatic carbocycles. The predicted molar refractivity (Wildman–Crippen MR) is 95.5 cm³/mol. The number of aromatic nitrogens is 1. The number of aryl methyl sites for hydroxylation is 1. The first kappa shape index (κ1) is 16.0. The number of carbonyl (C=O) groups excluding carboxylic acids is 1. The van der Waals surface area contributed by atoms with Crippen molar-refractivity contribution in [3.8, 4) is 18.1 Å². The number of hydrogen-bond acceptors (Lipinski definition) is 4. The molecule has 0 saturated heterocycles. The molecule has 4 heteroatoms. The van der Waals surface area contributed by atoms with Gasteiger partial charge in [0.1, 0.15) is 5.75 Å². The third-order valence-electron chi connectivity index (χ3n) is 6.32. The number of nitrogens with zero attached hydrogens (tertiary/aromatic N) is 1. The second-order valence-electron chi connectivity index (χ2n) is 8.00. The Hall–Kier alpha value is -1.47. The molecule has 1 aromatic heterocycles. The SMILES string of the molecule is C#Cc1cnc(C)c(O)c1CSC(=O)C12CC3CC(CC(C3)C1)C2. The summed E-state index contributed by atoms with van der Waals surface area (Å²) in [7, 11) is 0. The van der Waals surface area contributed by atoms with Crippen LogP contribution in [-0.2, 0) is 10.5 Å². The standard InChI is InChI=1S/C20H23NO2S/c1-3-16-10-21-12(2)18(22)17(16)11-24-19(23)20-7-13-4-14(8-20)6-15(5-13)9-20/h1,10,13-15,22H,4-9,11H2,2H3. The first-order valence-corrected chi connectivity index (χ1v) is 9.80. The molecule has 126 valence electrons. The Bertz CT molecular complexity index is 699. The molecule has 5 rings (SSSR count). The average molecular weight is 341 g/mol. The highest BCUT2D eigenvalue weighted by molar-refractivity contribution is 8.13. The van der Waals surface area contributed by atoms with Crippen molar-refractivity contribution in [2.45, 2.75) is 51.2 Å². The van der Waals surface area contributed by atoms with Crippen LogP contribution >= 0.6 is 11.8 Å². The van der Waals surface area contributed by atoms with Crippen LogP contribution in [0.4, 0.5) is 0 Å². The molecule has 1 aromatic rings. The number of thioether (sulfide) groups is 1. The highest BCUT2D eigenvalue weighted by atomic mass is 32.2. The van der Waals surface area contributed by atoms with Crippen LogP contribution in [-0.4, -0.2) is 15.2 Å². The van der Waals surface area contributed by atoms with Crippen molar-refractivity contribution in [3.63, 3.8) is 0 Å². The molecule has 4 bridgehead atoms. The molecule has 4 fully saturated rings. The van der Waals surface area contributed by atoms with E-state index in [2.05, 4.69) is 10.9 Å². The van der Waals surface area contributed by atoms with Gasteiger partial charge in [-0.2, -0.15) is 0 Å². The third-order valence-corrected chi connectivity index (χ3v) is 7.44. The Morgan fingerprint density at radius 2 is 1.92 bits per heavy atom.